The van der Waals surface area contributed by atoms with E-state index >= 15 is 0 Å². The third-order valence-electron chi connectivity index (χ3n) is 4.36. The minimum absolute atomic E-state index is 0.227. The first kappa shape index (κ1) is 15.4. The molecular weight excluding hydrogens is 302 g/mol. The molecule has 1 unspecified atom stereocenters. The summed E-state index contributed by atoms with van der Waals surface area (Å²) in [4.78, 5) is 15.5. The molecule has 4 nitrogen and oxygen atoms in total. The van der Waals surface area contributed by atoms with E-state index in [1.807, 2.05) is 32.0 Å². The zero-order valence-corrected chi connectivity index (χ0v) is 13.6. The molecule has 1 atom stereocenters. The maximum absolute atomic E-state index is 12.0. The Morgan fingerprint density at radius 1 is 1.45 bits per heavy atom. The summed E-state index contributed by atoms with van der Waals surface area (Å²) in [5.74, 6) is -0.228. The van der Waals surface area contributed by atoms with Crippen LogP contribution in [0, 0.1) is 0 Å². The van der Waals surface area contributed by atoms with Crippen molar-refractivity contribution in [1.29, 1.82) is 0 Å². The Kier molecular flexibility index (Phi) is 4.15. The van der Waals surface area contributed by atoms with Crippen molar-refractivity contribution in [3.63, 3.8) is 0 Å². The number of carbonyl (C=O) groups is 1. The fraction of sp³-hybridized carbons (Fsp3) is 0.471. The van der Waals surface area contributed by atoms with Gasteiger partial charge in [0.25, 0.3) is 0 Å². The fourth-order valence-corrected chi connectivity index (χ4v) is 3.45. The molecule has 0 radical (unpaired) electrons. The number of carbonyl (C=O) groups excluding carboxylic acids is 1. The molecular formula is C17H20ClNO3. The second-order valence-corrected chi connectivity index (χ2v) is 6.03. The molecule has 1 N–H and O–H groups in total. The van der Waals surface area contributed by atoms with Gasteiger partial charge in [-0.2, -0.15) is 0 Å². The largest absolute Gasteiger partial charge is 0.466 e. The zero-order valence-electron chi connectivity index (χ0n) is 12.9. The van der Waals surface area contributed by atoms with Gasteiger partial charge in [-0.3, -0.25) is 4.79 Å². The Hall–Kier alpha value is -1.52. The van der Waals surface area contributed by atoms with E-state index in [1.54, 1.807) is 0 Å². The average molecular weight is 322 g/mol. The molecule has 3 rings (SSSR count). The first-order valence-corrected chi connectivity index (χ1v) is 8.07. The van der Waals surface area contributed by atoms with Crippen LogP contribution < -0.4 is 0 Å². The van der Waals surface area contributed by atoms with Crippen molar-refractivity contribution in [2.24, 2.45) is 0 Å². The van der Waals surface area contributed by atoms with Crippen LogP contribution in [-0.2, 0) is 26.3 Å². The average Bonchev–Trinajstić information content (AvgIpc) is 2.87. The van der Waals surface area contributed by atoms with Gasteiger partial charge in [-0.25, -0.2) is 0 Å². The van der Waals surface area contributed by atoms with Crippen molar-refractivity contribution < 1.29 is 14.3 Å². The molecule has 1 aliphatic rings. The molecule has 1 aromatic carbocycles. The Bertz CT molecular complexity index is 709. The van der Waals surface area contributed by atoms with Gasteiger partial charge in [0, 0.05) is 15.9 Å². The quantitative estimate of drug-likeness (QED) is 0.867. The van der Waals surface area contributed by atoms with Crippen LogP contribution >= 0.6 is 11.6 Å². The van der Waals surface area contributed by atoms with E-state index in [4.69, 9.17) is 21.1 Å². The molecule has 0 saturated heterocycles. The second-order valence-electron chi connectivity index (χ2n) is 5.60. The van der Waals surface area contributed by atoms with E-state index in [-0.39, 0.29) is 12.4 Å². The Morgan fingerprint density at radius 3 is 3.00 bits per heavy atom. The lowest BCUT2D eigenvalue weighted by molar-refractivity contribution is -0.154. The number of nitrogens with one attached hydrogen (secondary N) is 1. The molecule has 2 heterocycles. The Labute approximate surface area is 134 Å². The second kappa shape index (κ2) is 5.94. The molecule has 2 aromatic rings. The molecule has 1 aromatic heterocycles. The molecule has 118 valence electrons. The SMILES string of the molecule is CCOC(=O)CC1(CC)OCCc2c1[nH]c1ccc(Cl)cc21. The molecule has 0 bridgehead atoms. The normalized spacial score (nSPS) is 20.9. The van der Waals surface area contributed by atoms with Gasteiger partial charge in [-0.05, 0) is 43.5 Å². The molecule has 0 aliphatic carbocycles. The lowest BCUT2D eigenvalue weighted by Crippen LogP contribution is -2.37. The lowest BCUT2D eigenvalue weighted by atomic mass is 9.86. The molecule has 1 aliphatic heterocycles. The van der Waals surface area contributed by atoms with Crippen molar-refractivity contribution in [2.45, 2.75) is 38.7 Å². The van der Waals surface area contributed by atoms with E-state index in [0.717, 1.165) is 23.0 Å². The standard InChI is InChI=1S/C17H20ClNO3/c1-3-17(10-15(20)21-4-2)16-12(7-8-22-17)13-9-11(18)5-6-14(13)19-16/h5-6,9,19H,3-4,7-8,10H2,1-2H3. The summed E-state index contributed by atoms with van der Waals surface area (Å²) in [6, 6.07) is 5.81. The summed E-state index contributed by atoms with van der Waals surface area (Å²) in [7, 11) is 0. The number of hydrogen-bond acceptors (Lipinski definition) is 3. The number of hydrogen-bond donors (Lipinski definition) is 1. The fourth-order valence-electron chi connectivity index (χ4n) is 3.28. The summed E-state index contributed by atoms with van der Waals surface area (Å²) in [5.41, 5.74) is 2.59. The molecule has 22 heavy (non-hydrogen) atoms. The van der Waals surface area contributed by atoms with Crippen LogP contribution in [0.15, 0.2) is 18.2 Å². The van der Waals surface area contributed by atoms with Crippen LogP contribution in [-0.4, -0.2) is 24.2 Å². The van der Waals surface area contributed by atoms with Gasteiger partial charge in [0.1, 0.15) is 5.60 Å². The maximum Gasteiger partial charge on any atom is 0.309 e. The van der Waals surface area contributed by atoms with Crippen LogP contribution in [0.3, 0.4) is 0 Å². The van der Waals surface area contributed by atoms with Crippen molar-refractivity contribution in [1.82, 2.24) is 4.98 Å². The maximum atomic E-state index is 12.0. The number of fused-ring (bicyclic) bond motifs is 3. The number of ether oxygens (including phenoxy) is 2. The first-order chi connectivity index (χ1) is 10.6. The minimum Gasteiger partial charge on any atom is -0.466 e. The number of halogens is 1. The van der Waals surface area contributed by atoms with Crippen LogP contribution in [0.25, 0.3) is 10.9 Å². The number of aromatic amines is 1. The molecule has 0 fully saturated rings. The summed E-state index contributed by atoms with van der Waals surface area (Å²) < 4.78 is 11.2. The highest BCUT2D eigenvalue weighted by Crippen LogP contribution is 2.42. The third-order valence-corrected chi connectivity index (χ3v) is 4.60. The molecule has 0 saturated carbocycles. The number of rotatable bonds is 4. The van der Waals surface area contributed by atoms with E-state index < -0.39 is 5.60 Å². The number of aromatic nitrogens is 1. The van der Waals surface area contributed by atoms with Crippen molar-refractivity contribution >= 4 is 28.5 Å². The summed E-state index contributed by atoms with van der Waals surface area (Å²) >= 11 is 6.13. The Balaban J connectivity index is 2.09. The van der Waals surface area contributed by atoms with E-state index in [9.17, 15) is 4.79 Å². The highest BCUT2D eigenvalue weighted by Gasteiger charge is 2.41. The van der Waals surface area contributed by atoms with Gasteiger partial charge in [0.15, 0.2) is 0 Å². The van der Waals surface area contributed by atoms with Crippen molar-refractivity contribution in [3.8, 4) is 0 Å². The van der Waals surface area contributed by atoms with Gasteiger partial charge in [-0.1, -0.05) is 18.5 Å². The lowest BCUT2D eigenvalue weighted by Gasteiger charge is -2.36. The molecule has 5 heteroatoms. The molecule has 0 spiro atoms. The highest BCUT2D eigenvalue weighted by atomic mass is 35.5. The Morgan fingerprint density at radius 2 is 2.27 bits per heavy atom. The predicted molar refractivity (Wildman–Crippen MR) is 86.2 cm³/mol. The third kappa shape index (κ3) is 2.50. The van der Waals surface area contributed by atoms with Crippen molar-refractivity contribution in [3.05, 3.63) is 34.5 Å². The van der Waals surface area contributed by atoms with Gasteiger partial charge in [0.05, 0.1) is 25.3 Å². The van der Waals surface area contributed by atoms with Crippen LogP contribution in [0.4, 0.5) is 0 Å². The van der Waals surface area contributed by atoms with Gasteiger partial charge < -0.3 is 14.5 Å². The van der Waals surface area contributed by atoms with Crippen molar-refractivity contribution in [2.75, 3.05) is 13.2 Å². The van der Waals surface area contributed by atoms with E-state index in [0.29, 0.717) is 24.7 Å². The number of benzene rings is 1. The topological polar surface area (TPSA) is 51.3 Å². The smallest absolute Gasteiger partial charge is 0.309 e. The van der Waals surface area contributed by atoms with Gasteiger partial charge in [-0.15, -0.1) is 0 Å². The first-order valence-electron chi connectivity index (χ1n) is 7.70. The molecule has 0 amide bonds. The number of esters is 1. The predicted octanol–water partition coefficient (Wildman–Crippen LogP) is 3.95. The van der Waals surface area contributed by atoms with E-state index in [1.165, 1.54) is 5.56 Å². The van der Waals surface area contributed by atoms with Gasteiger partial charge in [0.2, 0.25) is 0 Å². The minimum atomic E-state index is -0.634. The monoisotopic (exact) mass is 321 g/mol. The highest BCUT2D eigenvalue weighted by molar-refractivity contribution is 6.31. The zero-order chi connectivity index (χ0) is 15.7. The van der Waals surface area contributed by atoms with Gasteiger partial charge >= 0.3 is 5.97 Å². The van der Waals surface area contributed by atoms with Crippen LogP contribution in [0.5, 0.6) is 0 Å². The summed E-state index contributed by atoms with van der Waals surface area (Å²) in [5, 5.41) is 1.83. The van der Waals surface area contributed by atoms with Crippen LogP contribution in [0.2, 0.25) is 5.02 Å². The summed E-state index contributed by atoms with van der Waals surface area (Å²) in [6.07, 6.45) is 1.75. The summed E-state index contributed by atoms with van der Waals surface area (Å²) in [6.45, 7) is 4.83. The number of H-pyrrole nitrogens is 1. The van der Waals surface area contributed by atoms with Crippen LogP contribution in [0.1, 0.15) is 37.9 Å². The van der Waals surface area contributed by atoms with E-state index in [2.05, 4.69) is 4.98 Å².